The van der Waals surface area contributed by atoms with Crippen LogP contribution in [0, 0.1) is 0 Å². The van der Waals surface area contributed by atoms with Gasteiger partial charge in [0.05, 0.1) is 0 Å². The molecular weight excluding hydrogens is 236 g/mol. The van der Waals surface area contributed by atoms with Crippen molar-refractivity contribution in [2.75, 3.05) is 24.7 Å². The maximum atomic E-state index is 5.61. The number of hydrogen-bond donors (Lipinski definition) is 2. The average Bonchev–Trinajstić information content (AvgIpc) is 3.00. The molecule has 1 saturated heterocycles. The zero-order valence-corrected chi connectivity index (χ0v) is 11.0. The van der Waals surface area contributed by atoms with Gasteiger partial charge in [-0.2, -0.15) is 0 Å². The van der Waals surface area contributed by atoms with Crippen molar-refractivity contribution in [2.24, 2.45) is 0 Å². The Balaban J connectivity index is 0.000000224. The van der Waals surface area contributed by atoms with Crippen molar-refractivity contribution in [3.05, 3.63) is 48.5 Å². The normalized spacial score (nSPS) is 13.7. The molecule has 100 valence electrons. The maximum absolute atomic E-state index is 5.61. The first kappa shape index (κ1) is 13.4. The van der Waals surface area contributed by atoms with E-state index in [1.165, 1.54) is 12.8 Å². The van der Waals surface area contributed by atoms with E-state index in [2.05, 4.69) is 0 Å². The second-order valence-electron chi connectivity index (χ2n) is 4.56. The molecule has 0 aliphatic carbocycles. The van der Waals surface area contributed by atoms with Crippen LogP contribution in [0.2, 0.25) is 0 Å². The highest BCUT2D eigenvalue weighted by Crippen LogP contribution is 2.21. The Kier molecular flexibility index (Phi) is 4.81. The molecule has 0 bridgehead atoms. The van der Waals surface area contributed by atoms with Crippen LogP contribution in [0.25, 0.3) is 11.1 Å². The van der Waals surface area contributed by atoms with Gasteiger partial charge in [0.25, 0.3) is 0 Å². The predicted molar refractivity (Wildman–Crippen MR) is 80.8 cm³/mol. The molecule has 2 aromatic rings. The lowest BCUT2D eigenvalue weighted by molar-refractivity contribution is 0.198. The quantitative estimate of drug-likeness (QED) is 0.769. The molecule has 2 aromatic carbocycles. The summed E-state index contributed by atoms with van der Waals surface area (Å²) in [5.41, 5.74) is 15.1. The van der Waals surface area contributed by atoms with Crippen molar-refractivity contribution in [1.29, 1.82) is 0 Å². The first-order valence-electron chi connectivity index (χ1n) is 6.55. The second-order valence-corrected chi connectivity index (χ2v) is 4.56. The van der Waals surface area contributed by atoms with Crippen molar-refractivity contribution in [3.63, 3.8) is 0 Å². The highest BCUT2D eigenvalue weighted by Gasteiger charge is 1.96. The van der Waals surface area contributed by atoms with E-state index in [9.17, 15) is 0 Å². The molecule has 3 nitrogen and oxygen atoms in total. The van der Waals surface area contributed by atoms with E-state index in [4.69, 9.17) is 16.2 Å². The van der Waals surface area contributed by atoms with Crippen LogP contribution in [0.4, 0.5) is 11.4 Å². The van der Waals surface area contributed by atoms with Gasteiger partial charge in [-0.05, 0) is 48.2 Å². The molecule has 1 fully saturated rings. The summed E-state index contributed by atoms with van der Waals surface area (Å²) in [6, 6.07) is 15.6. The topological polar surface area (TPSA) is 61.3 Å². The Morgan fingerprint density at radius 3 is 1.26 bits per heavy atom. The lowest BCUT2D eigenvalue weighted by Gasteiger charge is -2.02. The zero-order chi connectivity index (χ0) is 13.5. The van der Waals surface area contributed by atoms with Gasteiger partial charge in [-0.15, -0.1) is 0 Å². The Bertz CT molecular complexity index is 436. The van der Waals surface area contributed by atoms with Crippen LogP contribution in [0.3, 0.4) is 0 Å². The first-order chi connectivity index (χ1) is 9.25. The molecule has 1 aliphatic heterocycles. The molecule has 19 heavy (non-hydrogen) atoms. The lowest BCUT2D eigenvalue weighted by atomic mass is 10.1. The van der Waals surface area contributed by atoms with E-state index in [1.807, 2.05) is 48.5 Å². The summed E-state index contributed by atoms with van der Waals surface area (Å²) in [6.07, 6.45) is 2.56. The maximum Gasteiger partial charge on any atom is 0.0466 e. The Morgan fingerprint density at radius 1 is 0.632 bits per heavy atom. The van der Waals surface area contributed by atoms with Gasteiger partial charge in [0.2, 0.25) is 0 Å². The zero-order valence-electron chi connectivity index (χ0n) is 11.0. The van der Waals surface area contributed by atoms with E-state index >= 15 is 0 Å². The summed E-state index contributed by atoms with van der Waals surface area (Å²) < 4.78 is 4.94. The van der Waals surface area contributed by atoms with E-state index in [-0.39, 0.29) is 0 Å². The largest absolute Gasteiger partial charge is 0.399 e. The van der Waals surface area contributed by atoms with Crippen molar-refractivity contribution in [2.45, 2.75) is 12.8 Å². The summed E-state index contributed by atoms with van der Waals surface area (Å²) >= 11 is 0. The van der Waals surface area contributed by atoms with Gasteiger partial charge in [0.15, 0.2) is 0 Å². The van der Waals surface area contributed by atoms with E-state index in [0.29, 0.717) is 0 Å². The molecule has 0 radical (unpaired) electrons. The van der Waals surface area contributed by atoms with Crippen molar-refractivity contribution in [1.82, 2.24) is 0 Å². The minimum Gasteiger partial charge on any atom is -0.399 e. The van der Waals surface area contributed by atoms with Crippen LogP contribution in [0.5, 0.6) is 0 Å². The third kappa shape index (κ3) is 4.30. The molecule has 3 heteroatoms. The molecule has 1 heterocycles. The van der Waals surface area contributed by atoms with Crippen LogP contribution in [0.15, 0.2) is 48.5 Å². The molecule has 0 spiro atoms. The number of anilines is 2. The van der Waals surface area contributed by atoms with E-state index < -0.39 is 0 Å². The van der Waals surface area contributed by atoms with Gasteiger partial charge in [-0.25, -0.2) is 0 Å². The second kappa shape index (κ2) is 6.81. The summed E-state index contributed by atoms with van der Waals surface area (Å²) in [6.45, 7) is 2.00. The third-order valence-corrected chi connectivity index (χ3v) is 2.98. The van der Waals surface area contributed by atoms with Gasteiger partial charge in [0.1, 0.15) is 0 Å². The van der Waals surface area contributed by atoms with Crippen molar-refractivity contribution in [3.8, 4) is 11.1 Å². The van der Waals surface area contributed by atoms with Gasteiger partial charge in [0, 0.05) is 24.6 Å². The molecule has 0 aromatic heterocycles. The van der Waals surface area contributed by atoms with Crippen LogP contribution < -0.4 is 11.5 Å². The first-order valence-corrected chi connectivity index (χ1v) is 6.55. The summed E-state index contributed by atoms with van der Waals surface area (Å²) in [5, 5.41) is 0. The number of rotatable bonds is 1. The highest BCUT2D eigenvalue weighted by atomic mass is 16.5. The fourth-order valence-electron chi connectivity index (χ4n) is 1.86. The van der Waals surface area contributed by atoms with Gasteiger partial charge in [-0.3, -0.25) is 0 Å². The Morgan fingerprint density at radius 2 is 1.00 bits per heavy atom. The van der Waals surface area contributed by atoms with Crippen LogP contribution in [-0.2, 0) is 4.74 Å². The molecule has 0 amide bonds. The smallest absolute Gasteiger partial charge is 0.0466 e. The fraction of sp³-hybridized carbons (Fsp3) is 0.250. The number of nitrogen functional groups attached to an aromatic ring is 2. The number of nitrogens with two attached hydrogens (primary N) is 2. The minimum absolute atomic E-state index is 0.782. The van der Waals surface area contributed by atoms with Gasteiger partial charge < -0.3 is 16.2 Å². The SMILES string of the molecule is C1CCOC1.Nc1ccc(-c2ccc(N)cc2)cc1. The summed E-state index contributed by atoms with van der Waals surface area (Å²) in [5.74, 6) is 0. The fourth-order valence-corrected chi connectivity index (χ4v) is 1.86. The Hall–Kier alpha value is -2.00. The van der Waals surface area contributed by atoms with Crippen LogP contribution in [0.1, 0.15) is 12.8 Å². The van der Waals surface area contributed by atoms with Gasteiger partial charge in [-0.1, -0.05) is 24.3 Å². The number of benzene rings is 2. The molecule has 0 unspecified atom stereocenters. The predicted octanol–water partition coefficient (Wildman–Crippen LogP) is 3.31. The standard InChI is InChI=1S/C12H12N2.C4H8O/c13-11-5-1-9(2-6-11)10-3-7-12(14)8-4-10;1-2-4-5-3-1/h1-8H,13-14H2;1-4H2. The third-order valence-electron chi connectivity index (χ3n) is 2.98. The molecule has 1 aliphatic rings. The van der Waals surface area contributed by atoms with Crippen molar-refractivity contribution < 1.29 is 4.74 Å². The van der Waals surface area contributed by atoms with Crippen LogP contribution >= 0.6 is 0 Å². The van der Waals surface area contributed by atoms with E-state index in [1.54, 1.807) is 0 Å². The highest BCUT2D eigenvalue weighted by molar-refractivity contribution is 5.67. The van der Waals surface area contributed by atoms with Crippen LogP contribution in [-0.4, -0.2) is 13.2 Å². The Labute approximate surface area is 114 Å². The molecule has 0 atom stereocenters. The molecular formula is C16H20N2O. The molecule has 0 saturated carbocycles. The lowest BCUT2D eigenvalue weighted by Crippen LogP contribution is -1.85. The molecule has 3 rings (SSSR count). The average molecular weight is 256 g/mol. The van der Waals surface area contributed by atoms with E-state index in [0.717, 1.165) is 35.7 Å². The summed E-state index contributed by atoms with van der Waals surface area (Å²) in [4.78, 5) is 0. The number of ether oxygens (including phenoxy) is 1. The molecule has 4 N–H and O–H groups in total. The summed E-state index contributed by atoms with van der Waals surface area (Å²) in [7, 11) is 0. The number of hydrogen-bond acceptors (Lipinski definition) is 3. The minimum atomic E-state index is 0.782. The van der Waals surface area contributed by atoms with Crippen molar-refractivity contribution >= 4 is 11.4 Å². The van der Waals surface area contributed by atoms with Gasteiger partial charge >= 0.3 is 0 Å². The monoisotopic (exact) mass is 256 g/mol.